The van der Waals surface area contributed by atoms with Crippen LogP contribution < -0.4 is 42.1 Å². The molecule has 0 aliphatic carbocycles. The number of urea groups is 1. The number of carbonyl (C=O) groups excluding carboxylic acids is 7. The zero-order valence-corrected chi connectivity index (χ0v) is 38.4. The lowest BCUT2D eigenvalue weighted by atomic mass is 10.0. The normalized spacial score (nSPS) is 13.0. The molecule has 0 spiro atoms. The number of hydrogen-bond donors (Lipinski definition) is 6. The number of pyridine rings is 1. The van der Waals surface area contributed by atoms with E-state index in [2.05, 4.69) is 37.8 Å². The van der Waals surface area contributed by atoms with Crippen LogP contribution in [-0.4, -0.2) is 90.7 Å². The van der Waals surface area contributed by atoms with Crippen molar-refractivity contribution in [2.75, 3.05) is 37.5 Å². The summed E-state index contributed by atoms with van der Waals surface area (Å²) >= 11 is 0. The molecule has 356 valence electrons. The minimum atomic E-state index is -1.05. The van der Waals surface area contributed by atoms with Gasteiger partial charge in [0.1, 0.15) is 29.6 Å². The van der Waals surface area contributed by atoms with Gasteiger partial charge in [0.25, 0.3) is 17.7 Å². The van der Waals surface area contributed by atoms with Crippen molar-refractivity contribution >= 4 is 75.5 Å². The van der Waals surface area contributed by atoms with Gasteiger partial charge in [-0.25, -0.2) is 15.3 Å². The molecule has 0 unspecified atom stereocenters. The first-order valence-corrected chi connectivity index (χ1v) is 22.0. The molecule has 0 saturated carbocycles. The van der Waals surface area contributed by atoms with Gasteiger partial charge in [-0.1, -0.05) is 50.6 Å². The van der Waals surface area contributed by atoms with Gasteiger partial charge < -0.3 is 36.6 Å². The average Bonchev–Trinajstić information content (AvgIpc) is 3.65. The summed E-state index contributed by atoms with van der Waals surface area (Å²) < 4.78 is 5.54. The first-order chi connectivity index (χ1) is 32.7. The van der Waals surface area contributed by atoms with E-state index >= 15 is 0 Å². The van der Waals surface area contributed by atoms with Crippen molar-refractivity contribution in [2.45, 2.75) is 71.1 Å². The van der Waals surface area contributed by atoms with Crippen molar-refractivity contribution in [1.29, 1.82) is 5.26 Å². The van der Waals surface area contributed by atoms with Crippen LogP contribution in [0.15, 0.2) is 91.0 Å². The van der Waals surface area contributed by atoms with E-state index in [-0.39, 0.29) is 61.9 Å². The minimum absolute atomic E-state index is 0.00578. The fraction of sp³-hybridized carbons (Fsp3) is 0.327. The van der Waals surface area contributed by atoms with Crippen molar-refractivity contribution in [3.05, 3.63) is 108 Å². The maximum atomic E-state index is 13.6. The Labute approximate surface area is 394 Å². The molecule has 1 aliphatic rings. The van der Waals surface area contributed by atoms with Gasteiger partial charge in [0.05, 0.1) is 24.9 Å². The van der Waals surface area contributed by atoms with Crippen LogP contribution in [0.2, 0.25) is 0 Å². The Bertz CT molecular complexity index is 2570. The third-order valence-electron chi connectivity index (χ3n) is 10.9. The Hall–Kier alpha value is -8.11. The van der Waals surface area contributed by atoms with Crippen LogP contribution in [0.4, 0.5) is 21.9 Å². The van der Waals surface area contributed by atoms with Crippen molar-refractivity contribution in [1.82, 2.24) is 31.3 Å². The number of nitrogens with one attached hydrogen (secondary N) is 5. The fourth-order valence-corrected chi connectivity index (χ4v) is 7.21. The molecule has 2 atom stereocenters. The molecule has 0 bridgehead atoms. The number of para-hydroxylation sites is 1. The highest BCUT2D eigenvalue weighted by Crippen LogP contribution is 2.34. The first kappa shape index (κ1) is 50.9. The van der Waals surface area contributed by atoms with E-state index in [0.717, 1.165) is 21.7 Å². The van der Waals surface area contributed by atoms with Gasteiger partial charge in [-0.15, -0.1) is 0 Å². The van der Waals surface area contributed by atoms with Gasteiger partial charge in [0, 0.05) is 67.1 Å². The summed E-state index contributed by atoms with van der Waals surface area (Å²) in [5.41, 5.74) is 11.8. The number of hydroxylamine groups is 1. The number of rotatable bonds is 24. The summed E-state index contributed by atoms with van der Waals surface area (Å²) in [6.45, 7) is 3.94. The molecule has 19 heteroatoms. The van der Waals surface area contributed by atoms with Crippen LogP contribution in [0.1, 0.15) is 69.2 Å². The van der Waals surface area contributed by atoms with Gasteiger partial charge >= 0.3 is 6.03 Å². The maximum absolute atomic E-state index is 13.6. The Morgan fingerprint density at radius 2 is 1.65 bits per heavy atom. The van der Waals surface area contributed by atoms with Crippen LogP contribution in [0, 0.1) is 17.2 Å². The topological polar surface area (TPSA) is 267 Å². The molecule has 2 heterocycles. The molecule has 0 fully saturated rings. The van der Waals surface area contributed by atoms with E-state index in [1.165, 1.54) is 25.3 Å². The molecule has 3 aromatic carbocycles. The summed E-state index contributed by atoms with van der Waals surface area (Å²) in [6.07, 6.45) is 7.49. The largest absolute Gasteiger partial charge is 0.496 e. The number of methoxy groups -OCH3 is 1. The van der Waals surface area contributed by atoms with Gasteiger partial charge in [-0.05, 0) is 85.7 Å². The Kier molecular flexibility index (Phi) is 18.7. The van der Waals surface area contributed by atoms with Crippen molar-refractivity contribution in [3.8, 4) is 11.8 Å². The summed E-state index contributed by atoms with van der Waals surface area (Å²) in [5.74, 6) is -2.51. The predicted octanol–water partition coefficient (Wildman–Crippen LogP) is 4.64. The van der Waals surface area contributed by atoms with E-state index in [1.807, 2.05) is 48.3 Å². The van der Waals surface area contributed by atoms with Gasteiger partial charge in [-0.2, -0.15) is 5.26 Å². The summed E-state index contributed by atoms with van der Waals surface area (Å²) in [6, 6.07) is 20.8. The number of anilines is 3. The molecule has 19 nitrogen and oxygen atoms in total. The number of nitrogens with two attached hydrogens (primary N) is 1. The second kappa shape index (κ2) is 25.0. The van der Waals surface area contributed by atoms with Crippen molar-refractivity contribution in [2.24, 2.45) is 11.7 Å². The highest BCUT2D eigenvalue weighted by molar-refractivity contribution is 6.12. The molecule has 0 radical (unpaired) electrons. The van der Waals surface area contributed by atoms with E-state index < -0.39 is 35.8 Å². The number of primary amides is 1. The Morgan fingerprint density at radius 3 is 2.34 bits per heavy atom. The number of unbranched alkanes of at least 4 members (excludes halogenated alkanes) is 2. The Morgan fingerprint density at radius 1 is 0.912 bits per heavy atom. The van der Waals surface area contributed by atoms with Gasteiger partial charge in [0.15, 0.2) is 0 Å². The highest BCUT2D eigenvalue weighted by Gasteiger charge is 2.29. The number of aromatic nitrogens is 1. The van der Waals surface area contributed by atoms with E-state index in [4.69, 9.17) is 15.3 Å². The number of nitriles is 1. The molecular weight excluding hydrogens is 873 g/mol. The average molecular weight is 929 g/mol. The summed E-state index contributed by atoms with van der Waals surface area (Å²) in [4.78, 5) is 100. The lowest BCUT2D eigenvalue weighted by molar-refractivity contribution is -0.137. The van der Waals surface area contributed by atoms with Crippen LogP contribution in [0.3, 0.4) is 0 Å². The molecular formula is C49H56N10O9. The molecule has 4 aromatic rings. The standard InChI is InChI=1S/C49H56N10O9/c1-31(2)46(56-42(60)14-6-5-9-26-59-44(62)23-24-45(59)63)48(65)55-39(13-10-25-52-49(51)66)47(64)54-34-18-15-32(16-19-34)30-68-57-43(61)22-17-33-27-36(20-21-41(33)67-4)58(3)40-28-35(29-50)53-38-12-8-7-11-37(38)40/h7-8,11-12,15-24,27-28,31,39,46H,5-6,9-10,13-14,25-26,30H2,1-4H3,(H,54,64)(H,55,65)(H,56,60)(H,57,61)(H3,51,52,66)/b22-17+/t39-,46-/m0/s1. The number of fused-ring (bicyclic) bond motifs is 1. The van der Waals surface area contributed by atoms with Gasteiger partial charge in [-0.3, -0.25) is 38.5 Å². The number of hydrogen-bond acceptors (Lipinski definition) is 12. The SMILES string of the molecule is COc1ccc(N(C)c2cc(C#N)nc3ccccc23)cc1/C=C/C(=O)NOCc1ccc(NC(=O)[C@H](CCCNC(N)=O)NC(=O)[C@@H](NC(=O)CCCCCN2C(=O)C=CC2=O)C(C)C)cc1. The molecule has 8 amide bonds. The predicted molar refractivity (Wildman–Crippen MR) is 254 cm³/mol. The molecule has 7 N–H and O–H groups in total. The zero-order valence-electron chi connectivity index (χ0n) is 38.4. The Balaban J connectivity index is 1.12. The third kappa shape index (κ3) is 14.7. The summed E-state index contributed by atoms with van der Waals surface area (Å²) in [5, 5.41) is 21.2. The van der Waals surface area contributed by atoms with Gasteiger partial charge in [0.2, 0.25) is 17.7 Å². The number of carbonyl (C=O) groups is 7. The van der Waals surface area contributed by atoms with E-state index in [0.29, 0.717) is 53.8 Å². The number of amides is 8. The lowest BCUT2D eigenvalue weighted by Gasteiger charge is -2.25. The highest BCUT2D eigenvalue weighted by atomic mass is 16.6. The molecule has 5 rings (SSSR count). The van der Waals surface area contributed by atoms with Crippen molar-refractivity contribution < 1.29 is 43.1 Å². The molecule has 1 aliphatic heterocycles. The first-order valence-electron chi connectivity index (χ1n) is 22.0. The molecule has 1 aromatic heterocycles. The fourth-order valence-electron chi connectivity index (χ4n) is 7.21. The van der Waals surface area contributed by atoms with Crippen LogP contribution in [0.5, 0.6) is 5.75 Å². The zero-order chi connectivity index (χ0) is 49.2. The number of ether oxygens (including phenoxy) is 1. The molecule has 68 heavy (non-hydrogen) atoms. The maximum Gasteiger partial charge on any atom is 0.312 e. The van der Waals surface area contributed by atoms with Crippen molar-refractivity contribution in [3.63, 3.8) is 0 Å². The third-order valence-corrected chi connectivity index (χ3v) is 10.9. The molecule has 0 saturated heterocycles. The van der Waals surface area contributed by atoms with E-state index in [1.54, 1.807) is 56.3 Å². The van der Waals surface area contributed by atoms with Crippen LogP contribution >= 0.6 is 0 Å². The minimum Gasteiger partial charge on any atom is -0.496 e. The van der Waals surface area contributed by atoms with Crippen LogP contribution in [0.25, 0.3) is 17.0 Å². The smallest absolute Gasteiger partial charge is 0.312 e. The lowest BCUT2D eigenvalue weighted by Crippen LogP contribution is -2.54. The second-order valence-corrected chi connectivity index (χ2v) is 16.2. The van der Waals surface area contributed by atoms with E-state index in [9.17, 15) is 38.8 Å². The number of imide groups is 1. The quantitative estimate of drug-likeness (QED) is 0.0243. The summed E-state index contributed by atoms with van der Waals surface area (Å²) in [7, 11) is 3.40. The number of benzene rings is 3. The second-order valence-electron chi connectivity index (χ2n) is 16.2. The number of nitrogens with zero attached hydrogens (tertiary/aromatic N) is 4. The van der Waals surface area contributed by atoms with Crippen LogP contribution in [-0.2, 0) is 40.2 Å². The monoisotopic (exact) mass is 928 g/mol.